The predicted octanol–water partition coefficient (Wildman–Crippen LogP) is 8.60. The van der Waals surface area contributed by atoms with Crippen LogP contribution in [0.3, 0.4) is 0 Å². The third kappa shape index (κ3) is 11.6. The molecule has 4 saturated carbocycles. The normalized spacial score (nSPS) is 35.4. The number of nitrogens with two attached hydrogens (primary N) is 3. The van der Waals surface area contributed by atoms with Crippen molar-refractivity contribution in [1.29, 1.82) is 0 Å². The fourth-order valence-electron chi connectivity index (χ4n) is 12.0. The van der Waals surface area contributed by atoms with Crippen LogP contribution in [-0.4, -0.2) is 70.9 Å². The third-order valence-corrected chi connectivity index (χ3v) is 15.0. The summed E-state index contributed by atoms with van der Waals surface area (Å²) >= 11 is 0. The molecule has 4 aliphatic rings. The van der Waals surface area contributed by atoms with Gasteiger partial charge in [0.2, 0.25) is 0 Å². The minimum Gasteiger partial charge on any atom is -0.378 e. The summed E-state index contributed by atoms with van der Waals surface area (Å²) in [5, 5.41) is 3.80. The summed E-state index contributed by atoms with van der Waals surface area (Å²) in [5.74, 6) is 3.92. The Hall–Kier alpha value is -0.280. The van der Waals surface area contributed by atoms with Crippen LogP contribution in [0.25, 0.3) is 0 Å². The van der Waals surface area contributed by atoms with Gasteiger partial charge in [0.25, 0.3) is 0 Å². The van der Waals surface area contributed by atoms with Crippen LogP contribution in [0, 0.1) is 46.3 Å². The van der Waals surface area contributed by atoms with E-state index in [0.717, 1.165) is 52.0 Å². The van der Waals surface area contributed by atoms with Crippen molar-refractivity contribution in [2.75, 3.05) is 52.5 Å². The van der Waals surface area contributed by atoms with Crippen LogP contribution in [0.1, 0.15) is 163 Å². The van der Waals surface area contributed by atoms with E-state index in [1.165, 1.54) is 116 Å². The van der Waals surface area contributed by atoms with Crippen molar-refractivity contribution in [2.24, 2.45) is 63.5 Å². The van der Waals surface area contributed by atoms with Crippen LogP contribution >= 0.6 is 0 Å². The van der Waals surface area contributed by atoms with Crippen molar-refractivity contribution in [2.45, 2.75) is 181 Å². The second kappa shape index (κ2) is 22.9. The van der Waals surface area contributed by atoms with Crippen LogP contribution in [0.15, 0.2) is 0 Å². The van der Waals surface area contributed by atoms with Crippen molar-refractivity contribution >= 4 is 0 Å². The van der Waals surface area contributed by atoms with Gasteiger partial charge < -0.3 is 36.7 Å². The molecule has 4 fully saturated rings. The molecule has 11 atom stereocenters. The zero-order valence-corrected chi connectivity index (χ0v) is 34.2. The fraction of sp³-hybridized carbons (Fsp3) is 1.00. The summed E-state index contributed by atoms with van der Waals surface area (Å²) in [6.07, 6.45) is 27.6. The molecule has 0 amide bonds. The van der Waals surface area contributed by atoms with Gasteiger partial charge in [0.05, 0.1) is 18.3 Å². The van der Waals surface area contributed by atoms with Gasteiger partial charge in [-0.2, -0.15) is 0 Å². The molecule has 0 aliphatic heterocycles. The van der Waals surface area contributed by atoms with Crippen LogP contribution in [0.5, 0.6) is 0 Å². The summed E-state index contributed by atoms with van der Waals surface area (Å²) in [5.41, 5.74) is 18.3. The highest BCUT2D eigenvalue weighted by Crippen LogP contribution is 2.69. The first-order valence-electron chi connectivity index (χ1n) is 22.5. The van der Waals surface area contributed by atoms with E-state index in [4.69, 9.17) is 31.4 Å². The Kier molecular flexibility index (Phi) is 19.5. The highest BCUT2D eigenvalue weighted by Gasteiger charge is 2.66. The zero-order valence-electron chi connectivity index (χ0n) is 34.2. The third-order valence-electron chi connectivity index (χ3n) is 15.0. The molecule has 300 valence electrons. The fourth-order valence-corrected chi connectivity index (χ4v) is 12.0. The smallest absolute Gasteiger partial charge is 0.0637 e. The van der Waals surface area contributed by atoms with E-state index in [0.29, 0.717) is 78.9 Å². The summed E-state index contributed by atoms with van der Waals surface area (Å²) in [7, 11) is 0. The van der Waals surface area contributed by atoms with E-state index < -0.39 is 0 Å². The Morgan fingerprint density at radius 1 is 0.667 bits per heavy atom. The first-order chi connectivity index (χ1) is 24.8. The summed E-state index contributed by atoms with van der Waals surface area (Å²) in [6.45, 7) is 17.0. The van der Waals surface area contributed by atoms with E-state index in [2.05, 4.69) is 33.0 Å². The SMILES string of the molecule is CCCCCCCCCCCNCCC[C@@H](C)C1CC[C@H]2C3[C@H](OCCCN)CC4C[C@H](OCCCN)CCC4(C)[C@H]3C[C@H](OCCCN)C12C. The van der Waals surface area contributed by atoms with Crippen molar-refractivity contribution in [3.8, 4) is 0 Å². The molecule has 0 aromatic rings. The predicted molar refractivity (Wildman–Crippen MR) is 215 cm³/mol. The van der Waals surface area contributed by atoms with Gasteiger partial charge in [0.15, 0.2) is 0 Å². The van der Waals surface area contributed by atoms with E-state index in [-0.39, 0.29) is 5.41 Å². The Labute approximate surface area is 315 Å². The maximum atomic E-state index is 7.05. The quantitative estimate of drug-likeness (QED) is 0.0629. The van der Waals surface area contributed by atoms with Crippen LogP contribution < -0.4 is 22.5 Å². The molecule has 7 nitrogen and oxygen atoms in total. The molecular weight excluding hydrogens is 633 g/mol. The van der Waals surface area contributed by atoms with Gasteiger partial charge in [-0.05, 0) is 157 Å². The van der Waals surface area contributed by atoms with Gasteiger partial charge in [-0.15, -0.1) is 0 Å². The van der Waals surface area contributed by atoms with E-state index in [9.17, 15) is 0 Å². The largest absolute Gasteiger partial charge is 0.378 e. The lowest BCUT2D eigenvalue weighted by Gasteiger charge is -2.65. The molecule has 51 heavy (non-hydrogen) atoms. The Morgan fingerprint density at radius 2 is 1.29 bits per heavy atom. The van der Waals surface area contributed by atoms with Gasteiger partial charge >= 0.3 is 0 Å². The Balaban J connectivity index is 1.38. The molecule has 4 aliphatic carbocycles. The Bertz CT molecular complexity index is 925. The van der Waals surface area contributed by atoms with Gasteiger partial charge in [-0.25, -0.2) is 0 Å². The first kappa shape index (κ1) is 43.4. The lowest BCUT2D eigenvalue weighted by Crippen LogP contribution is -2.63. The van der Waals surface area contributed by atoms with Crippen LogP contribution in [0.2, 0.25) is 0 Å². The standard InChI is InChI=1S/C44H86N4O3/c1-5-6-7-8-9-10-11-12-13-26-48-27-14-18-34(2)37-19-20-38-42-39(33-41(44(37,38)4)51-30-17-25-47)43(3)22-21-36(49-28-15-23-45)31-35(43)32-40(42)50-29-16-24-46/h34-42,48H,5-33,45-47H2,1-4H3/t34-,35?,36-,37?,38+,39+,40-,41+,42?,43?,44?/m1/s1. The zero-order chi connectivity index (χ0) is 36.5. The van der Waals surface area contributed by atoms with Gasteiger partial charge in [-0.3, -0.25) is 0 Å². The highest BCUT2D eigenvalue weighted by molar-refractivity contribution is 5.15. The number of ether oxygens (including phenoxy) is 3. The Morgan fingerprint density at radius 3 is 1.98 bits per heavy atom. The van der Waals surface area contributed by atoms with Crippen molar-refractivity contribution < 1.29 is 14.2 Å². The second-order valence-electron chi connectivity index (χ2n) is 18.2. The molecule has 0 radical (unpaired) electrons. The molecule has 0 saturated heterocycles. The second-order valence-corrected chi connectivity index (χ2v) is 18.2. The maximum absolute atomic E-state index is 7.05. The van der Waals surface area contributed by atoms with Crippen LogP contribution in [-0.2, 0) is 14.2 Å². The lowest BCUT2D eigenvalue weighted by molar-refractivity contribution is -0.227. The molecule has 0 aromatic carbocycles. The number of hydrogen-bond donors (Lipinski definition) is 4. The molecular formula is C44H86N4O3. The van der Waals surface area contributed by atoms with E-state index in [1.807, 2.05) is 0 Å². The number of rotatable bonds is 27. The van der Waals surface area contributed by atoms with Gasteiger partial charge in [0, 0.05) is 25.2 Å². The number of nitrogens with one attached hydrogen (secondary N) is 1. The number of hydrogen-bond acceptors (Lipinski definition) is 7. The van der Waals surface area contributed by atoms with Crippen molar-refractivity contribution in [1.82, 2.24) is 5.32 Å². The van der Waals surface area contributed by atoms with E-state index >= 15 is 0 Å². The molecule has 0 bridgehead atoms. The lowest BCUT2D eigenvalue weighted by atomic mass is 9.43. The molecule has 0 heterocycles. The average molecular weight is 719 g/mol. The molecule has 7 N–H and O–H groups in total. The molecule has 0 aromatic heterocycles. The maximum Gasteiger partial charge on any atom is 0.0637 e. The summed E-state index contributed by atoms with van der Waals surface area (Å²) in [4.78, 5) is 0. The molecule has 5 unspecified atom stereocenters. The van der Waals surface area contributed by atoms with E-state index in [1.54, 1.807) is 0 Å². The molecule has 7 heteroatoms. The monoisotopic (exact) mass is 719 g/mol. The van der Waals surface area contributed by atoms with Crippen LogP contribution in [0.4, 0.5) is 0 Å². The minimum absolute atomic E-state index is 0.181. The topological polar surface area (TPSA) is 118 Å². The number of fused-ring (bicyclic) bond motifs is 5. The summed E-state index contributed by atoms with van der Waals surface area (Å²) < 4.78 is 20.4. The van der Waals surface area contributed by atoms with Gasteiger partial charge in [-0.1, -0.05) is 79.1 Å². The van der Waals surface area contributed by atoms with Crippen molar-refractivity contribution in [3.05, 3.63) is 0 Å². The highest BCUT2D eigenvalue weighted by atomic mass is 16.5. The average Bonchev–Trinajstić information content (AvgIpc) is 3.49. The van der Waals surface area contributed by atoms with Crippen molar-refractivity contribution in [3.63, 3.8) is 0 Å². The summed E-state index contributed by atoms with van der Waals surface area (Å²) in [6, 6.07) is 0. The number of unbranched alkanes of at least 4 members (excludes halogenated alkanes) is 8. The first-order valence-corrected chi connectivity index (χ1v) is 22.5. The molecule has 0 spiro atoms. The van der Waals surface area contributed by atoms with Gasteiger partial charge in [0.1, 0.15) is 0 Å². The molecule has 4 rings (SSSR count). The minimum atomic E-state index is 0.181.